The number of fused-ring (bicyclic) bond motifs is 1. The average molecular weight is 230 g/mol. The van der Waals surface area contributed by atoms with Crippen LogP contribution in [0.4, 0.5) is 5.69 Å². The number of anilines is 1. The summed E-state index contributed by atoms with van der Waals surface area (Å²) in [5.41, 5.74) is 2.08. The largest absolute Gasteiger partial charge is 0.462 e. The lowest BCUT2D eigenvalue weighted by atomic mass is 9.98. The summed E-state index contributed by atoms with van der Waals surface area (Å²) in [6.45, 7) is 3.35. The third-order valence-corrected chi connectivity index (χ3v) is 3.52. The Morgan fingerprint density at radius 1 is 1.24 bits per heavy atom. The van der Waals surface area contributed by atoms with Gasteiger partial charge in [-0.25, -0.2) is 0 Å². The van der Waals surface area contributed by atoms with Crippen molar-refractivity contribution in [3.8, 4) is 0 Å². The molecule has 90 valence electrons. The van der Waals surface area contributed by atoms with Crippen molar-refractivity contribution < 1.29 is 4.42 Å². The molecule has 0 saturated carbocycles. The molecule has 0 atom stereocenters. The molecule has 2 heterocycles. The van der Waals surface area contributed by atoms with Crippen molar-refractivity contribution in [2.45, 2.75) is 12.8 Å². The van der Waals surface area contributed by atoms with E-state index in [-0.39, 0.29) is 0 Å². The van der Waals surface area contributed by atoms with Gasteiger partial charge in [-0.3, -0.25) is 0 Å². The Balaban J connectivity index is 1.68. The fraction of sp³-hybridized carbons (Fsp3) is 0.429. The fourth-order valence-electron chi connectivity index (χ4n) is 2.45. The summed E-state index contributed by atoms with van der Waals surface area (Å²) >= 11 is 0. The van der Waals surface area contributed by atoms with Gasteiger partial charge >= 0.3 is 0 Å². The van der Waals surface area contributed by atoms with Gasteiger partial charge in [0.1, 0.15) is 11.8 Å². The quantitative estimate of drug-likeness (QED) is 0.851. The number of hydrogen-bond donors (Lipinski definition) is 2. The van der Waals surface area contributed by atoms with Gasteiger partial charge in [-0.05, 0) is 44.0 Å². The second-order valence-electron chi connectivity index (χ2n) is 4.72. The molecule has 3 heteroatoms. The lowest BCUT2D eigenvalue weighted by Crippen LogP contribution is -2.31. The summed E-state index contributed by atoms with van der Waals surface area (Å²) in [6, 6.07) is 8.16. The average Bonchev–Trinajstić information content (AvgIpc) is 2.81. The van der Waals surface area contributed by atoms with E-state index in [9.17, 15) is 0 Å². The van der Waals surface area contributed by atoms with Crippen LogP contribution in [0.5, 0.6) is 0 Å². The summed E-state index contributed by atoms with van der Waals surface area (Å²) < 4.78 is 5.51. The molecule has 1 aliphatic rings. The zero-order chi connectivity index (χ0) is 11.5. The van der Waals surface area contributed by atoms with Gasteiger partial charge in [0.2, 0.25) is 0 Å². The molecule has 1 fully saturated rings. The highest BCUT2D eigenvalue weighted by atomic mass is 16.3. The molecule has 2 N–H and O–H groups in total. The second-order valence-corrected chi connectivity index (χ2v) is 4.72. The maximum Gasteiger partial charge on any atom is 0.136 e. The van der Waals surface area contributed by atoms with Gasteiger partial charge in [-0.1, -0.05) is 12.1 Å². The van der Waals surface area contributed by atoms with Crippen LogP contribution >= 0.6 is 0 Å². The van der Waals surface area contributed by atoms with E-state index in [2.05, 4.69) is 16.7 Å². The Morgan fingerprint density at radius 2 is 2.06 bits per heavy atom. The van der Waals surface area contributed by atoms with Crippen LogP contribution in [0.3, 0.4) is 0 Å². The molecule has 0 aliphatic carbocycles. The maximum atomic E-state index is 5.51. The highest BCUT2D eigenvalue weighted by Gasteiger charge is 2.13. The van der Waals surface area contributed by atoms with Gasteiger partial charge in [0, 0.05) is 11.9 Å². The lowest BCUT2D eigenvalue weighted by molar-refractivity contribution is 0.390. The minimum atomic E-state index is 0.782. The number of piperidine rings is 1. The standard InChI is InChI=1S/C14H18N2O/c1-2-4-14-12(3-1)13(10-17-14)16-9-11-5-7-15-8-6-11/h1-4,10-11,15-16H,5-9H2. The third-order valence-electron chi connectivity index (χ3n) is 3.52. The van der Waals surface area contributed by atoms with Gasteiger partial charge < -0.3 is 15.1 Å². The van der Waals surface area contributed by atoms with Crippen LogP contribution in [0.15, 0.2) is 34.9 Å². The highest BCUT2D eigenvalue weighted by molar-refractivity contribution is 5.90. The molecule has 3 rings (SSSR count). The Morgan fingerprint density at radius 3 is 2.94 bits per heavy atom. The molecular weight excluding hydrogens is 212 g/mol. The van der Waals surface area contributed by atoms with Gasteiger partial charge in [0.15, 0.2) is 0 Å². The first-order valence-corrected chi connectivity index (χ1v) is 6.34. The van der Waals surface area contributed by atoms with Crippen molar-refractivity contribution in [2.75, 3.05) is 25.0 Å². The number of para-hydroxylation sites is 1. The first-order chi connectivity index (χ1) is 8.43. The molecule has 0 unspecified atom stereocenters. The molecule has 0 radical (unpaired) electrons. The van der Waals surface area contributed by atoms with E-state index in [1.165, 1.54) is 18.2 Å². The lowest BCUT2D eigenvalue weighted by Gasteiger charge is -2.22. The summed E-state index contributed by atoms with van der Waals surface area (Å²) in [5.74, 6) is 0.782. The number of nitrogens with one attached hydrogen (secondary N) is 2. The first-order valence-electron chi connectivity index (χ1n) is 6.34. The van der Waals surface area contributed by atoms with Crippen LogP contribution in [0.1, 0.15) is 12.8 Å². The molecule has 17 heavy (non-hydrogen) atoms. The van der Waals surface area contributed by atoms with Crippen LogP contribution < -0.4 is 10.6 Å². The third kappa shape index (κ3) is 2.29. The van der Waals surface area contributed by atoms with Crippen LogP contribution in [0.2, 0.25) is 0 Å². The van der Waals surface area contributed by atoms with E-state index in [0.29, 0.717) is 0 Å². The minimum Gasteiger partial charge on any atom is -0.462 e. The highest BCUT2D eigenvalue weighted by Crippen LogP contribution is 2.26. The van der Waals surface area contributed by atoms with Gasteiger partial charge in [-0.15, -0.1) is 0 Å². The van der Waals surface area contributed by atoms with Crippen molar-refractivity contribution in [3.05, 3.63) is 30.5 Å². The van der Waals surface area contributed by atoms with Crippen LogP contribution in [-0.4, -0.2) is 19.6 Å². The summed E-state index contributed by atoms with van der Waals surface area (Å²) in [5, 5.41) is 8.09. The summed E-state index contributed by atoms with van der Waals surface area (Å²) in [7, 11) is 0. The van der Waals surface area contributed by atoms with Crippen molar-refractivity contribution in [1.82, 2.24) is 5.32 Å². The van der Waals surface area contributed by atoms with E-state index >= 15 is 0 Å². The van der Waals surface area contributed by atoms with E-state index in [1.807, 2.05) is 24.5 Å². The molecule has 1 aromatic heterocycles. The predicted molar refractivity (Wildman–Crippen MR) is 70.3 cm³/mol. The monoisotopic (exact) mass is 230 g/mol. The molecule has 0 bridgehead atoms. The van der Waals surface area contributed by atoms with Crippen LogP contribution in [-0.2, 0) is 0 Å². The van der Waals surface area contributed by atoms with Crippen molar-refractivity contribution >= 4 is 16.7 Å². The number of furan rings is 1. The molecule has 0 amide bonds. The Kier molecular flexibility index (Phi) is 3.01. The number of rotatable bonds is 3. The normalized spacial score (nSPS) is 17.4. The van der Waals surface area contributed by atoms with Crippen LogP contribution in [0, 0.1) is 5.92 Å². The Hall–Kier alpha value is -1.48. The van der Waals surface area contributed by atoms with Gasteiger partial charge in [0.25, 0.3) is 0 Å². The second kappa shape index (κ2) is 4.80. The van der Waals surface area contributed by atoms with E-state index in [4.69, 9.17) is 4.42 Å². The zero-order valence-corrected chi connectivity index (χ0v) is 9.91. The predicted octanol–water partition coefficient (Wildman–Crippen LogP) is 2.84. The number of benzene rings is 1. The summed E-state index contributed by atoms with van der Waals surface area (Å²) in [4.78, 5) is 0. The molecule has 0 spiro atoms. The van der Waals surface area contributed by atoms with E-state index in [1.54, 1.807) is 0 Å². The minimum absolute atomic E-state index is 0.782. The Bertz CT molecular complexity index is 486. The molecule has 1 saturated heterocycles. The van der Waals surface area contributed by atoms with Crippen molar-refractivity contribution in [2.24, 2.45) is 5.92 Å². The zero-order valence-electron chi connectivity index (χ0n) is 9.91. The maximum absolute atomic E-state index is 5.51. The van der Waals surface area contributed by atoms with E-state index in [0.717, 1.165) is 36.8 Å². The summed E-state index contributed by atoms with van der Waals surface area (Å²) in [6.07, 6.45) is 4.36. The van der Waals surface area contributed by atoms with Gasteiger partial charge in [-0.2, -0.15) is 0 Å². The van der Waals surface area contributed by atoms with E-state index < -0.39 is 0 Å². The number of hydrogen-bond acceptors (Lipinski definition) is 3. The van der Waals surface area contributed by atoms with Crippen molar-refractivity contribution in [3.63, 3.8) is 0 Å². The SMILES string of the molecule is c1ccc2c(NCC3CCNCC3)coc2c1. The fourth-order valence-corrected chi connectivity index (χ4v) is 2.45. The van der Waals surface area contributed by atoms with Crippen LogP contribution in [0.25, 0.3) is 11.0 Å². The molecule has 3 nitrogen and oxygen atoms in total. The molecular formula is C14H18N2O. The topological polar surface area (TPSA) is 37.2 Å². The Labute approximate surface area is 101 Å². The smallest absolute Gasteiger partial charge is 0.136 e. The molecule has 1 aliphatic heterocycles. The molecule has 2 aromatic rings. The van der Waals surface area contributed by atoms with Gasteiger partial charge in [0.05, 0.1) is 5.69 Å². The molecule has 1 aromatic carbocycles. The van der Waals surface area contributed by atoms with Crippen molar-refractivity contribution in [1.29, 1.82) is 0 Å². The first kappa shape index (κ1) is 10.7.